The van der Waals surface area contributed by atoms with E-state index in [-0.39, 0.29) is 6.03 Å². The lowest BCUT2D eigenvalue weighted by Gasteiger charge is -2.15. The number of hydrogen-bond donors (Lipinski definition) is 1. The maximum Gasteiger partial charge on any atom is 0.323 e. The zero-order chi connectivity index (χ0) is 18.3. The molecule has 0 aromatic carbocycles. The number of carbonyl (C=O) groups excluding carboxylic acids is 1. The normalized spacial score (nSPS) is 17.0. The van der Waals surface area contributed by atoms with E-state index in [4.69, 9.17) is 4.74 Å². The van der Waals surface area contributed by atoms with E-state index in [1.54, 1.807) is 24.2 Å². The summed E-state index contributed by atoms with van der Waals surface area (Å²) in [4.78, 5) is 23.2. The van der Waals surface area contributed by atoms with Gasteiger partial charge in [-0.1, -0.05) is 18.3 Å². The summed E-state index contributed by atoms with van der Waals surface area (Å²) in [5, 5.41) is 7.68. The van der Waals surface area contributed by atoms with Crippen LogP contribution in [0.2, 0.25) is 0 Å². The fraction of sp³-hybridized carbons (Fsp3) is 0.412. The number of urea groups is 1. The van der Waals surface area contributed by atoms with Gasteiger partial charge in [-0.3, -0.25) is 10.00 Å². The monoisotopic (exact) mass is 372 g/mol. The van der Waals surface area contributed by atoms with Crippen molar-refractivity contribution in [2.75, 3.05) is 25.5 Å². The Balaban J connectivity index is 1.70. The number of nitrogens with one attached hydrogen (secondary N) is 1. The third-order valence-electron chi connectivity index (χ3n) is 4.52. The summed E-state index contributed by atoms with van der Waals surface area (Å²) in [7, 11) is 3.43. The number of aryl methyl sites for hydroxylation is 1. The second-order valence-electron chi connectivity index (χ2n) is 6.55. The van der Waals surface area contributed by atoms with Gasteiger partial charge in [0.1, 0.15) is 5.52 Å². The largest absolute Gasteiger partial charge is 0.479 e. The average molecular weight is 372 g/mol. The Kier molecular flexibility index (Phi) is 4.23. The van der Waals surface area contributed by atoms with Crippen LogP contribution in [-0.4, -0.2) is 50.9 Å². The summed E-state index contributed by atoms with van der Waals surface area (Å²) >= 11 is 1.42. The molecule has 0 aliphatic carbocycles. The van der Waals surface area contributed by atoms with Crippen molar-refractivity contribution in [1.82, 2.24) is 24.6 Å². The minimum Gasteiger partial charge on any atom is -0.479 e. The number of hydrogen-bond acceptors (Lipinski definition) is 6. The third-order valence-corrected chi connectivity index (χ3v) is 5.52. The summed E-state index contributed by atoms with van der Waals surface area (Å²) in [6, 6.07) is -0.108. The van der Waals surface area contributed by atoms with Gasteiger partial charge in [0.15, 0.2) is 5.13 Å². The molecule has 0 unspecified atom stereocenters. The predicted octanol–water partition coefficient (Wildman–Crippen LogP) is 2.97. The first-order chi connectivity index (χ1) is 12.5. The molecule has 0 bridgehead atoms. The molecule has 1 atom stereocenters. The highest BCUT2D eigenvalue weighted by atomic mass is 32.1. The average Bonchev–Trinajstić information content (AvgIpc) is 3.33. The minimum atomic E-state index is -0.108. The molecule has 136 valence electrons. The van der Waals surface area contributed by atoms with Crippen molar-refractivity contribution >= 4 is 32.7 Å². The van der Waals surface area contributed by atoms with Gasteiger partial charge in [-0.05, 0) is 12.3 Å². The van der Waals surface area contributed by atoms with Crippen molar-refractivity contribution in [2.24, 2.45) is 13.0 Å². The van der Waals surface area contributed by atoms with Crippen molar-refractivity contribution in [2.45, 2.75) is 13.3 Å². The van der Waals surface area contributed by atoms with E-state index in [1.165, 1.54) is 11.3 Å². The van der Waals surface area contributed by atoms with Gasteiger partial charge in [-0.25, -0.2) is 14.8 Å². The zero-order valence-electron chi connectivity index (χ0n) is 14.9. The molecule has 0 spiro atoms. The number of nitrogens with zero attached hydrogens (tertiary/aromatic N) is 5. The molecule has 1 saturated heterocycles. The first-order valence-corrected chi connectivity index (χ1v) is 9.25. The molecule has 4 heterocycles. The Hall–Kier alpha value is -2.68. The van der Waals surface area contributed by atoms with E-state index in [1.807, 2.05) is 18.1 Å². The highest BCUT2D eigenvalue weighted by Gasteiger charge is 2.24. The van der Waals surface area contributed by atoms with Gasteiger partial charge in [-0.15, -0.1) is 0 Å². The van der Waals surface area contributed by atoms with Crippen LogP contribution in [0.15, 0.2) is 18.6 Å². The minimum absolute atomic E-state index is 0.108. The van der Waals surface area contributed by atoms with Crippen LogP contribution in [0, 0.1) is 5.92 Å². The molecule has 3 aromatic heterocycles. The lowest BCUT2D eigenvalue weighted by Crippen LogP contribution is -2.32. The maximum absolute atomic E-state index is 12.5. The van der Waals surface area contributed by atoms with E-state index in [9.17, 15) is 4.79 Å². The van der Waals surface area contributed by atoms with E-state index < -0.39 is 0 Å². The van der Waals surface area contributed by atoms with Crippen molar-refractivity contribution in [3.05, 3.63) is 18.6 Å². The smallest absolute Gasteiger partial charge is 0.323 e. The number of thiazole rings is 1. The molecule has 1 N–H and O–H groups in total. The van der Waals surface area contributed by atoms with Crippen LogP contribution in [0.5, 0.6) is 5.88 Å². The number of anilines is 1. The molecule has 1 fully saturated rings. The molecule has 4 rings (SSSR count). The van der Waals surface area contributed by atoms with Gasteiger partial charge in [-0.2, -0.15) is 5.10 Å². The van der Waals surface area contributed by atoms with Crippen molar-refractivity contribution in [3.8, 4) is 17.0 Å². The molecule has 3 aromatic rings. The molecule has 0 radical (unpaired) electrons. The predicted molar refractivity (Wildman–Crippen MR) is 101 cm³/mol. The first-order valence-electron chi connectivity index (χ1n) is 8.43. The highest BCUT2D eigenvalue weighted by molar-refractivity contribution is 7.23. The molecule has 1 aliphatic heterocycles. The number of methoxy groups -OCH3 is 1. The third kappa shape index (κ3) is 2.98. The molecule has 0 saturated carbocycles. The Morgan fingerprint density at radius 2 is 2.27 bits per heavy atom. The lowest BCUT2D eigenvalue weighted by molar-refractivity contribution is 0.221. The van der Waals surface area contributed by atoms with Gasteiger partial charge in [0.2, 0.25) is 5.88 Å². The Morgan fingerprint density at radius 1 is 1.42 bits per heavy atom. The molecular formula is C17H20N6O2S. The first kappa shape index (κ1) is 16.8. The summed E-state index contributed by atoms with van der Waals surface area (Å²) in [6.45, 7) is 3.72. The standard InChI is InChI=1S/C17H20N6O2S/c1-10-4-5-23(8-10)17(24)21-16-20-13-14(26-16)12(7-18-15(13)25-3)11-6-19-22(2)9-11/h6-7,9-10H,4-5,8H2,1-3H3,(H,20,21,24)/t10-/m0/s1. The van der Waals surface area contributed by atoms with Crippen LogP contribution in [0.1, 0.15) is 13.3 Å². The Morgan fingerprint density at radius 3 is 2.92 bits per heavy atom. The molecule has 1 aliphatic rings. The molecule has 8 nitrogen and oxygen atoms in total. The molecule has 26 heavy (non-hydrogen) atoms. The quantitative estimate of drug-likeness (QED) is 0.764. The van der Waals surface area contributed by atoms with Crippen LogP contribution < -0.4 is 10.1 Å². The van der Waals surface area contributed by atoms with Crippen LogP contribution in [0.25, 0.3) is 21.3 Å². The van der Waals surface area contributed by atoms with Crippen LogP contribution in [0.4, 0.5) is 9.93 Å². The summed E-state index contributed by atoms with van der Waals surface area (Å²) < 4.78 is 8.00. The van der Waals surface area contributed by atoms with Crippen LogP contribution in [0.3, 0.4) is 0 Å². The SMILES string of the molecule is COc1ncc(-c2cnn(C)c2)c2sc(NC(=O)N3CC[C@H](C)C3)nc12. The number of carbonyl (C=O) groups is 1. The van der Waals surface area contributed by atoms with Gasteiger partial charge in [0, 0.05) is 43.7 Å². The molecule has 9 heteroatoms. The molecular weight excluding hydrogens is 352 g/mol. The van der Waals surface area contributed by atoms with Crippen molar-refractivity contribution in [1.29, 1.82) is 0 Å². The Labute approximate surface area is 154 Å². The summed E-state index contributed by atoms with van der Waals surface area (Å²) in [5.74, 6) is 0.983. The van der Waals surface area contributed by atoms with Crippen LogP contribution >= 0.6 is 11.3 Å². The van der Waals surface area contributed by atoms with E-state index in [2.05, 4.69) is 27.3 Å². The van der Waals surface area contributed by atoms with Gasteiger partial charge in [0.25, 0.3) is 0 Å². The second kappa shape index (κ2) is 6.56. The Bertz CT molecular complexity index is 965. The van der Waals surface area contributed by atoms with E-state index in [0.717, 1.165) is 35.3 Å². The van der Waals surface area contributed by atoms with Crippen molar-refractivity contribution < 1.29 is 9.53 Å². The number of amides is 2. The number of aromatic nitrogens is 4. The number of rotatable bonds is 3. The van der Waals surface area contributed by atoms with E-state index in [0.29, 0.717) is 22.4 Å². The van der Waals surface area contributed by atoms with Crippen LogP contribution in [-0.2, 0) is 7.05 Å². The fourth-order valence-corrected chi connectivity index (χ4v) is 4.13. The van der Waals surface area contributed by atoms with Crippen molar-refractivity contribution in [3.63, 3.8) is 0 Å². The second-order valence-corrected chi connectivity index (χ2v) is 7.55. The van der Waals surface area contributed by atoms with Gasteiger partial charge >= 0.3 is 6.03 Å². The highest BCUT2D eigenvalue weighted by Crippen LogP contribution is 2.38. The number of pyridine rings is 1. The number of fused-ring (bicyclic) bond motifs is 1. The topological polar surface area (TPSA) is 85.2 Å². The summed E-state index contributed by atoms with van der Waals surface area (Å²) in [5.41, 5.74) is 2.51. The number of ether oxygens (including phenoxy) is 1. The zero-order valence-corrected chi connectivity index (χ0v) is 15.7. The fourth-order valence-electron chi connectivity index (χ4n) is 3.15. The summed E-state index contributed by atoms with van der Waals surface area (Å²) in [6.07, 6.45) is 6.50. The van der Waals surface area contributed by atoms with Gasteiger partial charge in [0.05, 0.1) is 18.0 Å². The van der Waals surface area contributed by atoms with Gasteiger partial charge < -0.3 is 9.64 Å². The lowest BCUT2D eigenvalue weighted by atomic mass is 10.1. The molecule has 2 amide bonds. The number of likely N-dealkylation sites (tertiary alicyclic amines) is 1. The maximum atomic E-state index is 12.5. The van der Waals surface area contributed by atoms with E-state index >= 15 is 0 Å².